The Morgan fingerprint density at radius 3 is 2.21 bits per heavy atom. The molecule has 238 valence electrons. The third-order valence-electron chi connectivity index (χ3n) is 9.37. The molecule has 1 aliphatic carbocycles. The molecule has 4 aromatic carbocycles. The number of benzene rings is 3. The minimum Gasteiger partial charge on any atom is -0.506 e. The van der Waals surface area contributed by atoms with E-state index < -0.39 is 0 Å². The number of pyridine rings is 1. The van der Waals surface area contributed by atoms with Crippen LogP contribution in [0.1, 0.15) is 50.8 Å². The number of nitrogens with zero attached hydrogens (tertiary/aromatic N) is 2. The van der Waals surface area contributed by atoms with Gasteiger partial charge in [0.25, 0.3) is 0 Å². The molecular weight excluding hydrogens is 596 g/mol. The lowest BCUT2D eigenvalue weighted by molar-refractivity contribution is -0.673. The number of fused-ring (bicyclic) bond motifs is 2. The molecule has 2 heterocycles. The van der Waals surface area contributed by atoms with Crippen LogP contribution in [0.4, 0.5) is 5.69 Å². The largest absolute Gasteiger partial charge is 0.506 e. The van der Waals surface area contributed by atoms with Gasteiger partial charge in [0, 0.05) is 47.9 Å². The molecule has 0 bridgehead atoms. The van der Waals surface area contributed by atoms with Gasteiger partial charge in [-0.1, -0.05) is 87.4 Å². The summed E-state index contributed by atoms with van der Waals surface area (Å²) in [4.78, 5) is 42.1. The second kappa shape index (κ2) is 12.9. The van der Waals surface area contributed by atoms with Gasteiger partial charge in [-0.15, -0.1) is 0 Å². The standard InChI is InChI=1S/C42H36N2O4/c1-3-5-23-43-31(21-19-27-11-7-9-13-35(27)43)25-33-39(45)37(40(33)46)29-15-17-30(18-16-29)38-41(47)34(42(38)48)26-32-22-20-28-12-8-10-14-36(28)44(32)24-6-4-2/h7-22,25-26H,3-6,23-24H2,1-2H3/p+1. The fourth-order valence-corrected chi connectivity index (χ4v) is 6.67. The minimum atomic E-state index is -0.290. The molecule has 0 unspecified atom stereocenters. The number of allylic oxidation sites excluding steroid dienone is 4. The van der Waals surface area contributed by atoms with Crippen molar-refractivity contribution in [2.45, 2.75) is 46.1 Å². The van der Waals surface area contributed by atoms with E-state index in [1.165, 1.54) is 0 Å². The lowest BCUT2D eigenvalue weighted by atomic mass is 9.85. The summed E-state index contributed by atoms with van der Waals surface area (Å²) in [6.45, 7) is 5.87. The second-order valence-corrected chi connectivity index (χ2v) is 12.4. The van der Waals surface area contributed by atoms with E-state index in [2.05, 4.69) is 47.6 Å². The van der Waals surface area contributed by atoms with Gasteiger partial charge < -0.3 is 10.0 Å². The van der Waals surface area contributed by atoms with Crippen LogP contribution in [0.2, 0.25) is 0 Å². The average molecular weight is 634 g/mol. The molecule has 7 rings (SSSR count). The lowest BCUT2D eigenvalue weighted by Gasteiger charge is -2.31. The normalized spacial score (nSPS) is 15.0. The first-order valence-electron chi connectivity index (χ1n) is 16.7. The van der Waals surface area contributed by atoms with Crippen molar-refractivity contribution in [3.63, 3.8) is 0 Å². The number of anilines is 1. The molecule has 0 atom stereocenters. The van der Waals surface area contributed by atoms with Crippen molar-refractivity contribution in [2.24, 2.45) is 0 Å². The summed E-state index contributed by atoms with van der Waals surface area (Å²) < 4.78 is 2.17. The quantitative estimate of drug-likeness (QED) is 0.232. The number of hydrogen-bond acceptors (Lipinski definition) is 5. The lowest BCUT2D eigenvalue weighted by Crippen LogP contribution is -2.51. The molecule has 48 heavy (non-hydrogen) atoms. The molecule has 1 aromatic heterocycles. The van der Waals surface area contributed by atoms with Gasteiger partial charge in [-0.3, -0.25) is 14.4 Å². The van der Waals surface area contributed by atoms with Crippen molar-refractivity contribution in [2.75, 3.05) is 11.4 Å². The van der Waals surface area contributed by atoms with Crippen LogP contribution in [0.25, 0.3) is 28.6 Å². The Balaban J connectivity index is 1.24. The number of rotatable bonds is 8. The summed E-state index contributed by atoms with van der Waals surface area (Å²) in [6, 6.07) is 26.9. The Morgan fingerprint density at radius 1 is 0.750 bits per heavy atom. The third kappa shape index (κ3) is 5.33. The number of carbonyl (C=O) groups excluding carboxylic acids is 1. The maximum Gasteiger partial charge on any atom is 0.212 e. The minimum absolute atomic E-state index is 0.0524. The van der Waals surface area contributed by atoms with Crippen LogP contribution < -0.4 is 30.8 Å². The highest BCUT2D eigenvalue weighted by molar-refractivity contribution is 6.37. The van der Waals surface area contributed by atoms with E-state index in [0.29, 0.717) is 10.4 Å². The highest BCUT2D eigenvalue weighted by Crippen LogP contribution is 2.35. The fraction of sp³-hybridized carbons (Fsp3) is 0.190. The van der Waals surface area contributed by atoms with Gasteiger partial charge in [0.1, 0.15) is 12.3 Å². The molecule has 0 amide bonds. The van der Waals surface area contributed by atoms with E-state index in [-0.39, 0.29) is 44.0 Å². The van der Waals surface area contributed by atoms with Crippen LogP contribution in [-0.2, 0) is 11.3 Å². The summed E-state index contributed by atoms with van der Waals surface area (Å²) in [5.41, 5.74) is 4.86. The monoisotopic (exact) mass is 633 g/mol. The summed E-state index contributed by atoms with van der Waals surface area (Å²) in [7, 11) is 0. The molecule has 5 aromatic rings. The molecule has 0 radical (unpaired) electrons. The van der Waals surface area contributed by atoms with Crippen molar-refractivity contribution in [3.8, 4) is 0 Å². The van der Waals surface area contributed by atoms with E-state index in [1.54, 1.807) is 36.4 Å². The predicted octanol–water partition coefficient (Wildman–Crippen LogP) is 5.40. The zero-order valence-corrected chi connectivity index (χ0v) is 27.2. The SMILES string of the molecule is CCCCN1C(=CC2=C(O)C(=c3ccc(=c4c(=O)c(=Cc5ccc6ccccc6[n+]5CCCC)c4=O)cc3)C2=O)C=Cc2ccccc21. The van der Waals surface area contributed by atoms with Gasteiger partial charge in [-0.2, -0.15) is 4.57 Å². The van der Waals surface area contributed by atoms with Crippen molar-refractivity contribution in [1.82, 2.24) is 0 Å². The Bertz CT molecular complexity index is 2460. The molecular formula is C42H37N2O4+. The van der Waals surface area contributed by atoms with E-state index in [0.717, 1.165) is 72.3 Å². The Morgan fingerprint density at radius 2 is 1.46 bits per heavy atom. The summed E-state index contributed by atoms with van der Waals surface area (Å²) in [5, 5.41) is 13.5. The fourth-order valence-electron chi connectivity index (χ4n) is 6.67. The number of carbonyl (C=O) groups is 1. The average Bonchev–Trinajstić information content (AvgIpc) is 3.12. The number of aryl methyl sites for hydroxylation is 1. The molecule has 6 nitrogen and oxygen atoms in total. The van der Waals surface area contributed by atoms with Gasteiger partial charge >= 0.3 is 0 Å². The van der Waals surface area contributed by atoms with Crippen molar-refractivity contribution >= 4 is 40.1 Å². The van der Waals surface area contributed by atoms with Crippen LogP contribution >= 0.6 is 0 Å². The molecule has 0 fully saturated rings. The highest BCUT2D eigenvalue weighted by Gasteiger charge is 2.33. The van der Waals surface area contributed by atoms with Crippen LogP contribution in [0, 0.1) is 10.4 Å². The maximum absolute atomic E-state index is 13.3. The third-order valence-corrected chi connectivity index (χ3v) is 9.37. The zero-order chi connectivity index (χ0) is 33.4. The first-order valence-corrected chi connectivity index (χ1v) is 16.7. The summed E-state index contributed by atoms with van der Waals surface area (Å²) >= 11 is 0. The Kier molecular flexibility index (Phi) is 8.32. The Labute approximate surface area is 278 Å². The summed E-state index contributed by atoms with van der Waals surface area (Å²) in [6.07, 6.45) is 11.5. The topological polar surface area (TPSA) is 78.6 Å². The molecule has 0 saturated carbocycles. The second-order valence-electron chi connectivity index (χ2n) is 12.4. The van der Waals surface area contributed by atoms with Crippen LogP contribution in [-0.4, -0.2) is 17.4 Å². The number of aliphatic hydroxyl groups is 1. The first kappa shape index (κ1) is 31.0. The van der Waals surface area contributed by atoms with Gasteiger partial charge in [0.05, 0.1) is 21.6 Å². The summed E-state index contributed by atoms with van der Waals surface area (Å²) in [5.74, 6) is -0.292. The van der Waals surface area contributed by atoms with Crippen LogP contribution in [0.5, 0.6) is 0 Å². The molecule has 6 heteroatoms. The van der Waals surface area contributed by atoms with E-state index in [4.69, 9.17) is 0 Å². The maximum atomic E-state index is 13.3. The zero-order valence-electron chi connectivity index (χ0n) is 27.2. The van der Waals surface area contributed by atoms with Crippen molar-refractivity contribution in [3.05, 3.63) is 167 Å². The highest BCUT2D eigenvalue weighted by atomic mass is 16.3. The van der Waals surface area contributed by atoms with Gasteiger partial charge in [0.2, 0.25) is 27.9 Å². The van der Waals surface area contributed by atoms with E-state index in [9.17, 15) is 19.5 Å². The van der Waals surface area contributed by atoms with Crippen molar-refractivity contribution in [1.29, 1.82) is 0 Å². The van der Waals surface area contributed by atoms with Gasteiger partial charge in [-0.25, -0.2) is 0 Å². The first-order chi connectivity index (χ1) is 23.4. The van der Waals surface area contributed by atoms with E-state index >= 15 is 0 Å². The molecule has 2 aliphatic rings. The molecule has 1 N–H and O–H groups in total. The van der Waals surface area contributed by atoms with Crippen LogP contribution in [0.3, 0.4) is 0 Å². The van der Waals surface area contributed by atoms with Gasteiger partial charge in [0.15, 0.2) is 0 Å². The number of unbranched alkanes of at least 4 members (excludes halogenated alkanes) is 2. The number of Topliss-reactive ketones (excluding diaryl/α,β-unsaturated/α-hetero) is 1. The molecule has 1 aliphatic heterocycles. The smallest absolute Gasteiger partial charge is 0.212 e. The number of ketones is 1. The number of hydrogen-bond donors (Lipinski definition) is 1. The van der Waals surface area contributed by atoms with Gasteiger partial charge in [-0.05, 0) is 52.8 Å². The van der Waals surface area contributed by atoms with Crippen molar-refractivity contribution < 1.29 is 14.5 Å². The number of para-hydroxylation sites is 2. The van der Waals surface area contributed by atoms with E-state index in [1.807, 2.05) is 48.6 Å². The van der Waals surface area contributed by atoms with Crippen LogP contribution in [0.15, 0.2) is 124 Å². The predicted molar refractivity (Wildman–Crippen MR) is 191 cm³/mol. The number of aliphatic hydroxyl groups excluding tert-OH is 1. The molecule has 0 spiro atoms. The number of aromatic nitrogens is 1. The molecule has 0 saturated heterocycles. The Hall–Kier alpha value is -5.62.